The number of amides is 3. The fraction of sp³-hybridized carbons (Fsp3) is 0.105. The Morgan fingerprint density at radius 2 is 1.46 bits per heavy atom. The van der Waals surface area contributed by atoms with Gasteiger partial charge in [-0.15, -0.1) is 11.3 Å². The molecular weight excluding hydrogens is 348 g/mol. The van der Waals surface area contributed by atoms with E-state index in [1.54, 1.807) is 24.3 Å². The van der Waals surface area contributed by atoms with E-state index in [9.17, 15) is 9.59 Å². The van der Waals surface area contributed by atoms with Crippen LogP contribution in [-0.2, 0) is 11.2 Å². The van der Waals surface area contributed by atoms with Gasteiger partial charge in [-0.3, -0.25) is 4.79 Å². The minimum absolute atomic E-state index is 0.127. The summed E-state index contributed by atoms with van der Waals surface area (Å²) in [6.07, 6.45) is 0.240. The summed E-state index contributed by atoms with van der Waals surface area (Å²) < 4.78 is 0. The minimum atomic E-state index is -0.327. The summed E-state index contributed by atoms with van der Waals surface area (Å²) in [5.74, 6) is -0.127. The maximum absolute atomic E-state index is 12.0. The highest BCUT2D eigenvalue weighted by Gasteiger charge is 2.07. The number of urea groups is 1. The third-order valence-corrected chi connectivity index (χ3v) is 4.29. The molecule has 6 nitrogen and oxygen atoms in total. The highest BCUT2D eigenvalue weighted by atomic mass is 32.1. The lowest BCUT2D eigenvalue weighted by atomic mass is 10.2. The number of aromatic nitrogens is 1. The summed E-state index contributed by atoms with van der Waals surface area (Å²) in [7, 11) is 0. The number of nitrogens with one attached hydrogen (secondary N) is 3. The van der Waals surface area contributed by atoms with E-state index in [4.69, 9.17) is 0 Å². The molecule has 0 fully saturated rings. The van der Waals surface area contributed by atoms with Gasteiger partial charge in [-0.25, -0.2) is 9.78 Å². The first-order chi connectivity index (χ1) is 12.6. The second kappa shape index (κ2) is 8.26. The molecule has 26 heavy (non-hydrogen) atoms. The van der Waals surface area contributed by atoms with E-state index in [1.165, 1.54) is 11.3 Å². The van der Waals surface area contributed by atoms with Crippen LogP contribution in [0.2, 0.25) is 0 Å². The zero-order valence-corrected chi connectivity index (χ0v) is 15.0. The SMILES string of the molecule is Cc1nc(CC(=O)Nc2ccc(NC(=O)Nc3ccccc3)cc2)cs1. The number of anilines is 3. The third kappa shape index (κ3) is 5.15. The second-order valence-corrected chi connectivity index (χ2v) is 6.67. The number of rotatable bonds is 5. The molecule has 7 heteroatoms. The number of hydrogen-bond acceptors (Lipinski definition) is 4. The number of carbonyl (C=O) groups excluding carboxylic acids is 2. The monoisotopic (exact) mass is 366 g/mol. The predicted molar refractivity (Wildman–Crippen MR) is 105 cm³/mol. The van der Waals surface area contributed by atoms with Crippen molar-refractivity contribution in [1.82, 2.24) is 4.98 Å². The van der Waals surface area contributed by atoms with Crippen molar-refractivity contribution in [3.8, 4) is 0 Å². The Kier molecular flexibility index (Phi) is 5.60. The number of para-hydroxylation sites is 1. The Hall–Kier alpha value is -3.19. The number of carbonyl (C=O) groups is 2. The molecule has 0 unspecified atom stereocenters. The van der Waals surface area contributed by atoms with Gasteiger partial charge < -0.3 is 16.0 Å². The molecule has 0 bridgehead atoms. The molecule has 1 heterocycles. The minimum Gasteiger partial charge on any atom is -0.326 e. The molecule has 0 aliphatic rings. The van der Waals surface area contributed by atoms with E-state index in [0.717, 1.165) is 10.7 Å². The van der Waals surface area contributed by atoms with E-state index in [0.29, 0.717) is 17.1 Å². The van der Waals surface area contributed by atoms with E-state index >= 15 is 0 Å². The van der Waals surface area contributed by atoms with Crippen LogP contribution in [0.5, 0.6) is 0 Å². The molecule has 1 aromatic heterocycles. The lowest BCUT2D eigenvalue weighted by Crippen LogP contribution is -2.19. The van der Waals surface area contributed by atoms with Gasteiger partial charge in [0.25, 0.3) is 0 Å². The van der Waals surface area contributed by atoms with Gasteiger partial charge in [-0.2, -0.15) is 0 Å². The summed E-state index contributed by atoms with van der Waals surface area (Å²) in [6.45, 7) is 1.91. The van der Waals surface area contributed by atoms with E-state index in [-0.39, 0.29) is 18.4 Å². The van der Waals surface area contributed by atoms with Crippen molar-refractivity contribution in [1.29, 1.82) is 0 Å². The molecule has 0 atom stereocenters. The van der Waals surface area contributed by atoms with Crippen molar-refractivity contribution < 1.29 is 9.59 Å². The molecule has 3 N–H and O–H groups in total. The average molecular weight is 366 g/mol. The van der Waals surface area contributed by atoms with E-state index < -0.39 is 0 Å². The number of nitrogens with zero attached hydrogens (tertiary/aromatic N) is 1. The summed E-state index contributed by atoms with van der Waals surface area (Å²) in [5, 5.41) is 11.1. The first-order valence-corrected chi connectivity index (χ1v) is 8.90. The highest BCUT2D eigenvalue weighted by molar-refractivity contribution is 7.09. The van der Waals surface area contributed by atoms with Crippen LogP contribution in [0.4, 0.5) is 21.9 Å². The molecule has 3 rings (SSSR count). The Labute approximate surface area is 155 Å². The Morgan fingerprint density at radius 1 is 0.885 bits per heavy atom. The third-order valence-electron chi connectivity index (χ3n) is 3.47. The van der Waals surface area contributed by atoms with Crippen LogP contribution in [-0.4, -0.2) is 16.9 Å². The van der Waals surface area contributed by atoms with Gasteiger partial charge in [0, 0.05) is 22.4 Å². The van der Waals surface area contributed by atoms with Crippen LogP contribution in [0.15, 0.2) is 60.0 Å². The van der Waals surface area contributed by atoms with Crippen molar-refractivity contribution in [2.45, 2.75) is 13.3 Å². The molecule has 0 saturated carbocycles. The van der Waals surface area contributed by atoms with Crippen LogP contribution < -0.4 is 16.0 Å². The quantitative estimate of drug-likeness (QED) is 0.630. The first kappa shape index (κ1) is 17.6. The van der Waals surface area contributed by atoms with Crippen LogP contribution in [0.25, 0.3) is 0 Å². The van der Waals surface area contributed by atoms with E-state index in [2.05, 4.69) is 20.9 Å². The van der Waals surface area contributed by atoms with Crippen molar-refractivity contribution in [3.63, 3.8) is 0 Å². The number of benzene rings is 2. The Bertz CT molecular complexity index is 891. The molecule has 3 aromatic rings. The van der Waals surface area contributed by atoms with Gasteiger partial charge in [0.1, 0.15) is 0 Å². The summed E-state index contributed by atoms with van der Waals surface area (Å²) in [5.41, 5.74) is 2.77. The summed E-state index contributed by atoms with van der Waals surface area (Å²) in [6, 6.07) is 15.8. The standard InChI is InChI=1S/C19H18N4O2S/c1-13-20-17(12-26-13)11-18(24)21-15-7-9-16(10-8-15)23-19(25)22-14-5-3-2-4-6-14/h2-10,12H,11H2,1H3,(H,21,24)(H2,22,23,25). The number of aryl methyl sites for hydroxylation is 1. The molecule has 2 aromatic carbocycles. The van der Waals surface area contributed by atoms with Crippen LogP contribution in [0, 0.1) is 6.92 Å². The second-order valence-electron chi connectivity index (χ2n) is 5.61. The van der Waals surface area contributed by atoms with Gasteiger partial charge in [-0.05, 0) is 43.3 Å². The van der Waals surface area contributed by atoms with Gasteiger partial charge in [0.2, 0.25) is 5.91 Å². The van der Waals surface area contributed by atoms with E-state index in [1.807, 2.05) is 42.6 Å². The predicted octanol–water partition coefficient (Wildman–Crippen LogP) is 4.28. The molecule has 132 valence electrons. The molecule has 0 saturated heterocycles. The van der Waals surface area contributed by atoms with Gasteiger partial charge in [0.05, 0.1) is 17.1 Å². The van der Waals surface area contributed by atoms with Crippen molar-refractivity contribution in [3.05, 3.63) is 70.7 Å². The molecule has 0 aliphatic carbocycles. The normalized spacial score (nSPS) is 10.2. The van der Waals surface area contributed by atoms with Gasteiger partial charge in [0.15, 0.2) is 0 Å². The maximum Gasteiger partial charge on any atom is 0.323 e. The lowest BCUT2D eigenvalue weighted by Gasteiger charge is -2.09. The lowest BCUT2D eigenvalue weighted by molar-refractivity contribution is -0.115. The maximum atomic E-state index is 12.0. The summed E-state index contributed by atoms with van der Waals surface area (Å²) in [4.78, 5) is 28.3. The largest absolute Gasteiger partial charge is 0.326 e. The molecule has 0 spiro atoms. The van der Waals surface area contributed by atoms with Crippen molar-refractivity contribution in [2.24, 2.45) is 0 Å². The zero-order chi connectivity index (χ0) is 18.4. The number of hydrogen-bond donors (Lipinski definition) is 3. The fourth-order valence-electron chi connectivity index (χ4n) is 2.31. The van der Waals surface area contributed by atoms with Gasteiger partial charge in [-0.1, -0.05) is 18.2 Å². The van der Waals surface area contributed by atoms with Crippen molar-refractivity contribution in [2.75, 3.05) is 16.0 Å². The topological polar surface area (TPSA) is 83.1 Å². The average Bonchev–Trinajstić information content (AvgIpc) is 3.02. The molecule has 3 amide bonds. The van der Waals surface area contributed by atoms with Crippen LogP contribution in [0.1, 0.15) is 10.7 Å². The Morgan fingerprint density at radius 3 is 2.04 bits per heavy atom. The van der Waals surface area contributed by atoms with Crippen LogP contribution in [0.3, 0.4) is 0 Å². The highest BCUT2D eigenvalue weighted by Crippen LogP contribution is 2.15. The van der Waals surface area contributed by atoms with Gasteiger partial charge >= 0.3 is 6.03 Å². The molecule has 0 aliphatic heterocycles. The summed E-state index contributed by atoms with van der Waals surface area (Å²) >= 11 is 1.52. The number of thiazole rings is 1. The molecular formula is C19H18N4O2S. The zero-order valence-electron chi connectivity index (χ0n) is 14.2. The van der Waals surface area contributed by atoms with Crippen molar-refractivity contribution >= 4 is 40.3 Å². The van der Waals surface area contributed by atoms with Crippen LogP contribution >= 0.6 is 11.3 Å². The first-order valence-electron chi connectivity index (χ1n) is 8.02. The Balaban J connectivity index is 1.51. The fourth-order valence-corrected chi connectivity index (χ4v) is 2.92. The molecule has 0 radical (unpaired) electrons. The smallest absolute Gasteiger partial charge is 0.323 e.